The van der Waals surface area contributed by atoms with Gasteiger partial charge in [-0.25, -0.2) is 0 Å². The van der Waals surface area contributed by atoms with Crippen molar-refractivity contribution in [3.8, 4) is 0 Å². The van der Waals surface area contributed by atoms with Crippen LogP contribution in [0, 0.1) is 0 Å². The molecular formula is C9H21ClN2O. The Morgan fingerprint density at radius 1 is 1.38 bits per heavy atom. The highest BCUT2D eigenvalue weighted by Crippen LogP contribution is 1.82. The molecule has 80 valence electrons. The summed E-state index contributed by atoms with van der Waals surface area (Å²) in [6.07, 6.45) is 0. The number of hydrogen-bond acceptors (Lipinski definition) is 2. The summed E-state index contributed by atoms with van der Waals surface area (Å²) in [5.41, 5.74) is 0.562. The molecule has 0 rings (SSSR count). The standard InChI is InChI=1S/C6H11NO.C3H9N.ClH/c1-4-7-6(8)5(2)3;1-4(2)3;/h2,4H2,1,3H3,(H,7,8);1-3H3;1H. The van der Waals surface area contributed by atoms with Crippen LogP contribution in [0.3, 0.4) is 0 Å². The fourth-order valence-electron chi connectivity index (χ4n) is 0.311. The molecule has 0 atom stereocenters. The molecule has 0 aliphatic rings. The number of carbonyl (C=O) groups is 1. The van der Waals surface area contributed by atoms with Gasteiger partial charge in [0, 0.05) is 12.1 Å². The van der Waals surface area contributed by atoms with E-state index in [1.165, 1.54) is 0 Å². The SMILES string of the molecule is C=C(C)C(=O)NCC.CN(C)C.Cl. The summed E-state index contributed by atoms with van der Waals surface area (Å²) < 4.78 is 0. The van der Waals surface area contributed by atoms with E-state index in [9.17, 15) is 4.79 Å². The quantitative estimate of drug-likeness (QED) is 0.694. The van der Waals surface area contributed by atoms with E-state index in [1.807, 2.05) is 33.0 Å². The molecule has 1 N–H and O–H groups in total. The molecule has 4 heteroatoms. The summed E-state index contributed by atoms with van der Waals surface area (Å²) in [7, 11) is 6.00. The second kappa shape index (κ2) is 11.5. The van der Waals surface area contributed by atoms with Crippen molar-refractivity contribution < 1.29 is 4.79 Å². The van der Waals surface area contributed by atoms with Crippen molar-refractivity contribution in [2.45, 2.75) is 13.8 Å². The first kappa shape index (κ1) is 18.3. The lowest BCUT2D eigenvalue weighted by molar-refractivity contribution is -0.117. The summed E-state index contributed by atoms with van der Waals surface area (Å²) in [5.74, 6) is -0.0625. The summed E-state index contributed by atoms with van der Waals surface area (Å²) >= 11 is 0. The molecule has 0 bridgehead atoms. The van der Waals surface area contributed by atoms with Gasteiger partial charge in [-0.15, -0.1) is 12.4 Å². The van der Waals surface area contributed by atoms with Crippen LogP contribution in [0.15, 0.2) is 12.2 Å². The summed E-state index contributed by atoms with van der Waals surface area (Å²) in [5, 5.41) is 2.61. The van der Waals surface area contributed by atoms with Crippen LogP contribution in [0.5, 0.6) is 0 Å². The van der Waals surface area contributed by atoms with Crippen molar-refractivity contribution in [1.82, 2.24) is 10.2 Å². The molecule has 0 saturated heterocycles. The Hall–Kier alpha value is -0.540. The molecule has 1 amide bonds. The molecule has 3 nitrogen and oxygen atoms in total. The number of hydrogen-bond donors (Lipinski definition) is 1. The lowest BCUT2D eigenvalue weighted by atomic mass is 10.3. The molecule has 0 aromatic heterocycles. The maximum atomic E-state index is 10.5. The predicted octanol–water partition coefficient (Wildman–Crippen LogP) is 1.30. The Labute approximate surface area is 87.6 Å². The summed E-state index contributed by atoms with van der Waals surface area (Å²) in [6, 6.07) is 0. The van der Waals surface area contributed by atoms with Gasteiger partial charge in [-0.3, -0.25) is 4.79 Å². The van der Waals surface area contributed by atoms with E-state index in [0.717, 1.165) is 0 Å². The molecule has 0 spiro atoms. The van der Waals surface area contributed by atoms with E-state index in [4.69, 9.17) is 0 Å². The largest absolute Gasteiger partial charge is 0.353 e. The number of likely N-dealkylation sites (N-methyl/N-ethyl adjacent to an activating group) is 1. The Kier molecular flexibility index (Phi) is 16.1. The molecule has 0 unspecified atom stereocenters. The van der Waals surface area contributed by atoms with E-state index in [2.05, 4.69) is 11.9 Å². The molecule has 0 aromatic rings. The van der Waals surface area contributed by atoms with Crippen LogP contribution < -0.4 is 5.32 Å². The first-order valence-electron chi connectivity index (χ1n) is 3.96. The van der Waals surface area contributed by atoms with Gasteiger partial charge in [-0.2, -0.15) is 0 Å². The van der Waals surface area contributed by atoms with Crippen LogP contribution in [0.4, 0.5) is 0 Å². The zero-order valence-electron chi connectivity index (χ0n) is 9.18. The van der Waals surface area contributed by atoms with E-state index in [1.54, 1.807) is 6.92 Å². The Morgan fingerprint density at radius 3 is 1.77 bits per heavy atom. The molecule has 0 aliphatic heterocycles. The lowest BCUT2D eigenvalue weighted by Gasteiger charge is -1.97. The Morgan fingerprint density at radius 2 is 1.69 bits per heavy atom. The third-order valence-corrected chi connectivity index (χ3v) is 0.725. The zero-order chi connectivity index (χ0) is 10.1. The minimum Gasteiger partial charge on any atom is -0.353 e. The highest BCUT2D eigenvalue weighted by molar-refractivity contribution is 5.91. The second-order valence-electron chi connectivity index (χ2n) is 2.98. The van der Waals surface area contributed by atoms with Gasteiger partial charge in [-0.05, 0) is 35.0 Å². The van der Waals surface area contributed by atoms with Crippen LogP contribution in [0.2, 0.25) is 0 Å². The molecule has 13 heavy (non-hydrogen) atoms. The third kappa shape index (κ3) is 24.6. The third-order valence-electron chi connectivity index (χ3n) is 0.725. The van der Waals surface area contributed by atoms with Gasteiger partial charge in [0.2, 0.25) is 5.91 Å². The van der Waals surface area contributed by atoms with E-state index >= 15 is 0 Å². The molecule has 0 aliphatic carbocycles. The van der Waals surface area contributed by atoms with Gasteiger partial charge in [-0.1, -0.05) is 6.58 Å². The predicted molar refractivity (Wildman–Crippen MR) is 60.4 cm³/mol. The zero-order valence-corrected chi connectivity index (χ0v) is 9.99. The smallest absolute Gasteiger partial charge is 0.246 e. The highest BCUT2D eigenvalue weighted by atomic mass is 35.5. The number of halogens is 1. The normalized spacial score (nSPS) is 7.85. The van der Waals surface area contributed by atoms with Crippen LogP contribution >= 0.6 is 12.4 Å². The molecule has 0 fully saturated rings. The van der Waals surface area contributed by atoms with Gasteiger partial charge in [0.1, 0.15) is 0 Å². The van der Waals surface area contributed by atoms with Crippen molar-refractivity contribution in [2.75, 3.05) is 27.7 Å². The molecule has 0 aromatic carbocycles. The van der Waals surface area contributed by atoms with Gasteiger partial charge in [0.05, 0.1) is 0 Å². The van der Waals surface area contributed by atoms with Crippen molar-refractivity contribution in [1.29, 1.82) is 0 Å². The summed E-state index contributed by atoms with van der Waals surface area (Å²) in [4.78, 5) is 12.5. The topological polar surface area (TPSA) is 32.3 Å². The number of amides is 1. The van der Waals surface area contributed by atoms with Crippen LogP contribution in [0.25, 0.3) is 0 Å². The van der Waals surface area contributed by atoms with Crippen molar-refractivity contribution in [2.24, 2.45) is 0 Å². The van der Waals surface area contributed by atoms with E-state index in [0.29, 0.717) is 12.1 Å². The minimum absolute atomic E-state index is 0. The molecular weight excluding hydrogens is 188 g/mol. The fourth-order valence-corrected chi connectivity index (χ4v) is 0.311. The Bertz CT molecular complexity index is 144. The highest BCUT2D eigenvalue weighted by Gasteiger charge is 1.95. The van der Waals surface area contributed by atoms with E-state index in [-0.39, 0.29) is 18.3 Å². The molecule has 0 heterocycles. The van der Waals surface area contributed by atoms with E-state index < -0.39 is 0 Å². The maximum absolute atomic E-state index is 10.5. The van der Waals surface area contributed by atoms with Crippen LogP contribution in [-0.2, 0) is 4.79 Å². The van der Waals surface area contributed by atoms with Gasteiger partial charge >= 0.3 is 0 Å². The molecule has 0 radical (unpaired) electrons. The van der Waals surface area contributed by atoms with Crippen molar-refractivity contribution in [3.63, 3.8) is 0 Å². The second-order valence-corrected chi connectivity index (χ2v) is 2.98. The van der Waals surface area contributed by atoms with Gasteiger partial charge in [0.25, 0.3) is 0 Å². The summed E-state index contributed by atoms with van der Waals surface area (Å²) in [6.45, 7) is 7.70. The monoisotopic (exact) mass is 208 g/mol. The fraction of sp³-hybridized carbons (Fsp3) is 0.667. The average Bonchev–Trinajstić information content (AvgIpc) is 1.86. The van der Waals surface area contributed by atoms with Gasteiger partial charge < -0.3 is 10.2 Å². The average molecular weight is 209 g/mol. The first-order chi connectivity index (χ1) is 5.41. The van der Waals surface area contributed by atoms with Gasteiger partial charge in [0.15, 0.2) is 0 Å². The number of rotatable bonds is 2. The Balaban J connectivity index is -0.000000173. The van der Waals surface area contributed by atoms with Crippen LogP contribution in [0.1, 0.15) is 13.8 Å². The van der Waals surface area contributed by atoms with Crippen LogP contribution in [-0.4, -0.2) is 38.5 Å². The maximum Gasteiger partial charge on any atom is 0.246 e. The lowest BCUT2D eigenvalue weighted by Crippen LogP contribution is -2.22. The first-order valence-corrected chi connectivity index (χ1v) is 3.96. The van der Waals surface area contributed by atoms with Crippen molar-refractivity contribution in [3.05, 3.63) is 12.2 Å². The number of nitrogens with zero attached hydrogens (tertiary/aromatic N) is 1. The number of nitrogens with one attached hydrogen (secondary N) is 1. The van der Waals surface area contributed by atoms with Crippen molar-refractivity contribution >= 4 is 18.3 Å². The molecule has 0 saturated carbocycles. The minimum atomic E-state index is -0.0625. The number of carbonyl (C=O) groups excluding carboxylic acids is 1.